The number of rotatable bonds is 5. The average molecular weight is 329 g/mol. The van der Waals surface area contributed by atoms with Crippen molar-refractivity contribution < 1.29 is 18.4 Å². The second-order valence-electron chi connectivity index (χ2n) is 5.66. The van der Waals surface area contributed by atoms with Gasteiger partial charge in [0.25, 0.3) is 0 Å². The van der Waals surface area contributed by atoms with Gasteiger partial charge in [-0.1, -0.05) is 12.1 Å². The summed E-state index contributed by atoms with van der Waals surface area (Å²) in [5.74, 6) is -1.68. The summed E-state index contributed by atoms with van der Waals surface area (Å²) in [6.07, 6.45) is 1.20. The van der Waals surface area contributed by atoms with Crippen LogP contribution >= 0.6 is 0 Å². The first kappa shape index (κ1) is 16.1. The molecule has 1 aromatic carbocycles. The highest BCUT2D eigenvalue weighted by Gasteiger charge is 2.32. The number of Topliss-reactive ketones (excluding diaryl/α,β-unsaturated/α-hetero) is 1. The number of likely N-dealkylation sites (N-methyl/N-ethyl adjacent to an activating group) is 1. The predicted molar refractivity (Wildman–Crippen MR) is 85.2 cm³/mol. The number of halogens is 1. The summed E-state index contributed by atoms with van der Waals surface area (Å²) in [5.41, 5.74) is 0.177. The Labute approximate surface area is 138 Å². The Hall–Kier alpha value is -2.80. The number of hydrogen-bond donors (Lipinski definition) is 1. The number of nitrogens with zero attached hydrogens (tertiary/aromatic N) is 2. The molecule has 1 heterocycles. The van der Waals surface area contributed by atoms with Gasteiger partial charge in [-0.05, 0) is 26.2 Å². The summed E-state index contributed by atoms with van der Waals surface area (Å²) >= 11 is 0. The molecule has 1 aliphatic carbocycles. The molecule has 1 N–H and O–H groups in total. The number of fused-ring (bicyclic) bond motifs is 1. The van der Waals surface area contributed by atoms with Gasteiger partial charge in [-0.2, -0.15) is 0 Å². The number of nitrogens with one attached hydrogen (secondary N) is 1. The smallest absolute Gasteiger partial charge is 0.246 e. The molecular formula is C17H16FN3O3. The van der Waals surface area contributed by atoms with E-state index in [0.29, 0.717) is 13.1 Å². The molecule has 0 fully saturated rings. The molecule has 6 nitrogen and oxygen atoms in total. The van der Waals surface area contributed by atoms with E-state index >= 15 is 0 Å². The van der Waals surface area contributed by atoms with E-state index in [1.165, 1.54) is 24.3 Å². The number of oxazole rings is 1. The Morgan fingerprint density at radius 2 is 2.00 bits per heavy atom. The van der Waals surface area contributed by atoms with E-state index in [4.69, 9.17) is 4.42 Å². The van der Waals surface area contributed by atoms with Crippen LogP contribution < -0.4 is 5.32 Å². The fraction of sp³-hybridized carbons (Fsp3) is 0.235. The van der Waals surface area contributed by atoms with Crippen molar-refractivity contribution in [1.82, 2.24) is 15.2 Å². The monoisotopic (exact) mass is 329 g/mol. The Balaban J connectivity index is 1.89. The summed E-state index contributed by atoms with van der Waals surface area (Å²) < 4.78 is 19.3. The first-order valence-electron chi connectivity index (χ1n) is 7.42. The lowest BCUT2D eigenvalue weighted by atomic mass is 10.0. The Bertz CT molecular complexity index is 839. The lowest BCUT2D eigenvalue weighted by molar-refractivity contribution is 0.0956. The van der Waals surface area contributed by atoms with Crippen LogP contribution in [0.3, 0.4) is 0 Å². The summed E-state index contributed by atoms with van der Waals surface area (Å²) in [6.45, 7) is 1.20. The van der Waals surface area contributed by atoms with E-state index < -0.39 is 17.4 Å². The number of hydrogen-bond acceptors (Lipinski definition) is 6. The molecule has 3 rings (SSSR count). The van der Waals surface area contributed by atoms with Gasteiger partial charge in [0.05, 0.1) is 11.3 Å². The normalized spacial score (nSPS) is 13.9. The lowest BCUT2D eigenvalue weighted by Crippen LogP contribution is -2.31. The van der Waals surface area contributed by atoms with Gasteiger partial charge in [0, 0.05) is 19.2 Å². The minimum Gasteiger partial charge on any atom is -0.432 e. The van der Waals surface area contributed by atoms with Crippen molar-refractivity contribution in [3.63, 3.8) is 0 Å². The zero-order valence-electron chi connectivity index (χ0n) is 13.3. The van der Waals surface area contributed by atoms with Gasteiger partial charge in [-0.25, -0.2) is 9.37 Å². The van der Waals surface area contributed by atoms with Gasteiger partial charge < -0.3 is 14.6 Å². The molecule has 0 saturated carbocycles. The molecule has 2 aromatic rings. The second kappa shape index (κ2) is 6.37. The second-order valence-corrected chi connectivity index (χ2v) is 5.66. The maximum absolute atomic E-state index is 13.9. The van der Waals surface area contributed by atoms with Crippen molar-refractivity contribution in [2.75, 3.05) is 27.2 Å². The van der Waals surface area contributed by atoms with Crippen LogP contribution in [-0.4, -0.2) is 48.6 Å². The zero-order chi connectivity index (χ0) is 17.3. The van der Waals surface area contributed by atoms with Gasteiger partial charge in [0.15, 0.2) is 5.69 Å². The molecular weight excluding hydrogens is 313 g/mol. The molecule has 0 aliphatic heterocycles. The molecule has 7 heteroatoms. The number of carbonyl (C=O) groups excluding carboxylic acids is 2. The topological polar surface area (TPSA) is 75.4 Å². The van der Waals surface area contributed by atoms with Crippen molar-refractivity contribution in [3.8, 4) is 11.5 Å². The SMILES string of the molecule is CN(C)CCNC1=CC(=O)c2nc(-c3ccccc3F)oc2C1=O. The molecule has 0 atom stereocenters. The number of carbonyl (C=O) groups is 2. The molecule has 124 valence electrons. The van der Waals surface area contributed by atoms with E-state index in [2.05, 4.69) is 10.3 Å². The van der Waals surface area contributed by atoms with E-state index in [-0.39, 0.29) is 28.6 Å². The van der Waals surface area contributed by atoms with Gasteiger partial charge in [0.1, 0.15) is 5.82 Å². The molecule has 1 aromatic heterocycles. The van der Waals surface area contributed by atoms with Crippen molar-refractivity contribution in [2.45, 2.75) is 0 Å². The highest BCUT2D eigenvalue weighted by molar-refractivity contribution is 6.22. The molecule has 24 heavy (non-hydrogen) atoms. The molecule has 0 bridgehead atoms. The molecule has 0 spiro atoms. The summed E-state index contributed by atoms with van der Waals surface area (Å²) in [7, 11) is 3.80. The van der Waals surface area contributed by atoms with Crippen LogP contribution in [0.25, 0.3) is 11.5 Å². The van der Waals surface area contributed by atoms with Crippen LogP contribution in [0, 0.1) is 5.82 Å². The van der Waals surface area contributed by atoms with Crippen LogP contribution in [0.5, 0.6) is 0 Å². The van der Waals surface area contributed by atoms with E-state index in [0.717, 1.165) is 0 Å². The third-order valence-electron chi connectivity index (χ3n) is 3.57. The number of ketones is 2. The highest BCUT2D eigenvalue weighted by Crippen LogP contribution is 2.28. The minimum atomic E-state index is -0.534. The third kappa shape index (κ3) is 2.98. The largest absolute Gasteiger partial charge is 0.432 e. The first-order valence-corrected chi connectivity index (χ1v) is 7.42. The quantitative estimate of drug-likeness (QED) is 0.903. The van der Waals surface area contributed by atoms with Crippen molar-refractivity contribution >= 4 is 11.6 Å². The number of benzene rings is 1. The number of aromatic nitrogens is 1. The van der Waals surface area contributed by atoms with Crippen molar-refractivity contribution in [3.05, 3.63) is 53.3 Å². The van der Waals surface area contributed by atoms with E-state index in [1.54, 1.807) is 6.07 Å². The highest BCUT2D eigenvalue weighted by atomic mass is 19.1. The van der Waals surface area contributed by atoms with E-state index in [1.807, 2.05) is 19.0 Å². The number of allylic oxidation sites excluding steroid dienone is 2. The molecule has 0 radical (unpaired) electrons. The van der Waals surface area contributed by atoms with Gasteiger partial charge in [0.2, 0.25) is 23.2 Å². The minimum absolute atomic E-state index is 0.0808. The summed E-state index contributed by atoms with van der Waals surface area (Å²) in [5, 5.41) is 2.92. The van der Waals surface area contributed by atoms with Gasteiger partial charge in [-0.3, -0.25) is 9.59 Å². The fourth-order valence-corrected chi connectivity index (χ4v) is 2.32. The molecule has 0 saturated heterocycles. The summed E-state index contributed by atoms with van der Waals surface area (Å²) in [4.78, 5) is 30.6. The molecule has 0 amide bonds. The van der Waals surface area contributed by atoms with Crippen LogP contribution in [-0.2, 0) is 0 Å². The maximum atomic E-state index is 13.9. The predicted octanol–water partition coefficient (Wildman–Crippen LogP) is 1.89. The van der Waals surface area contributed by atoms with Crippen molar-refractivity contribution in [1.29, 1.82) is 0 Å². The van der Waals surface area contributed by atoms with E-state index in [9.17, 15) is 14.0 Å². The fourth-order valence-electron chi connectivity index (χ4n) is 2.32. The van der Waals surface area contributed by atoms with Crippen LogP contribution in [0.15, 0.2) is 40.5 Å². The standard InChI is InChI=1S/C17H16FN3O3/c1-21(2)8-7-19-12-9-13(22)14-16(15(12)23)24-17(20-14)10-5-3-4-6-11(10)18/h3-6,9,19H,7-8H2,1-2H3. The average Bonchev–Trinajstić information content (AvgIpc) is 2.98. The Morgan fingerprint density at radius 3 is 2.71 bits per heavy atom. The Kier molecular flexibility index (Phi) is 4.26. The van der Waals surface area contributed by atoms with Crippen LogP contribution in [0.2, 0.25) is 0 Å². The molecule has 0 unspecified atom stereocenters. The first-order chi connectivity index (χ1) is 11.5. The summed E-state index contributed by atoms with van der Waals surface area (Å²) in [6, 6.07) is 5.89. The van der Waals surface area contributed by atoms with Crippen molar-refractivity contribution in [2.24, 2.45) is 0 Å². The van der Waals surface area contributed by atoms with Gasteiger partial charge >= 0.3 is 0 Å². The Morgan fingerprint density at radius 1 is 1.25 bits per heavy atom. The molecule has 1 aliphatic rings. The van der Waals surface area contributed by atoms with Gasteiger partial charge in [-0.15, -0.1) is 0 Å². The third-order valence-corrected chi connectivity index (χ3v) is 3.57. The van der Waals surface area contributed by atoms with Crippen LogP contribution in [0.4, 0.5) is 4.39 Å². The van der Waals surface area contributed by atoms with Crippen LogP contribution in [0.1, 0.15) is 21.0 Å². The lowest BCUT2D eigenvalue weighted by Gasteiger charge is -2.14. The zero-order valence-corrected chi connectivity index (χ0v) is 13.3. The maximum Gasteiger partial charge on any atom is 0.246 e.